The Morgan fingerprint density at radius 1 is 1.38 bits per heavy atom. The quantitative estimate of drug-likeness (QED) is 0.855. The highest BCUT2D eigenvalue weighted by Crippen LogP contribution is 2.42. The second-order valence-corrected chi connectivity index (χ2v) is 5.08. The van der Waals surface area contributed by atoms with Gasteiger partial charge in [0.2, 0.25) is 5.76 Å². The fourth-order valence-electron chi connectivity index (χ4n) is 2.46. The van der Waals surface area contributed by atoms with Crippen molar-refractivity contribution < 1.29 is 23.8 Å². The van der Waals surface area contributed by atoms with Crippen molar-refractivity contribution in [2.75, 3.05) is 7.11 Å². The molecule has 1 aliphatic carbocycles. The van der Waals surface area contributed by atoms with Gasteiger partial charge in [-0.05, 0) is 31.0 Å². The van der Waals surface area contributed by atoms with E-state index in [2.05, 4.69) is 4.74 Å². The number of carboxylic acid groups (broad SMARTS) is 1. The lowest BCUT2D eigenvalue weighted by Crippen LogP contribution is -2.06. The Morgan fingerprint density at radius 2 is 2.14 bits per heavy atom. The molecular weight excluding hydrogens is 274 g/mol. The molecule has 0 unspecified atom stereocenters. The zero-order valence-electron chi connectivity index (χ0n) is 11.5. The van der Waals surface area contributed by atoms with Crippen molar-refractivity contribution in [2.45, 2.75) is 25.3 Å². The minimum atomic E-state index is -0.912. The molecule has 0 radical (unpaired) electrons. The molecular formula is C15H15NO5. The average Bonchev–Trinajstić information content (AvgIpc) is 3.04. The highest BCUT2D eigenvalue weighted by atomic mass is 16.5. The van der Waals surface area contributed by atoms with Crippen molar-refractivity contribution in [1.29, 1.82) is 0 Å². The number of carbonyl (C=O) groups excluding carboxylic acids is 1. The third-order valence-corrected chi connectivity index (χ3v) is 3.58. The van der Waals surface area contributed by atoms with Gasteiger partial charge in [0.05, 0.1) is 19.2 Å². The number of furan rings is 1. The van der Waals surface area contributed by atoms with Crippen molar-refractivity contribution in [1.82, 2.24) is 4.57 Å². The number of aromatic carboxylic acids is 1. The highest BCUT2D eigenvalue weighted by molar-refractivity contribution is 5.89. The largest absolute Gasteiger partial charge is 0.478 e. The second kappa shape index (κ2) is 5.12. The number of carbonyl (C=O) groups is 2. The van der Waals surface area contributed by atoms with Crippen LogP contribution < -0.4 is 0 Å². The first-order chi connectivity index (χ1) is 10.1. The average molecular weight is 289 g/mol. The Morgan fingerprint density at radius 3 is 2.76 bits per heavy atom. The number of nitrogens with zero attached hydrogens (tertiary/aromatic N) is 1. The van der Waals surface area contributed by atoms with Gasteiger partial charge in [-0.3, -0.25) is 0 Å². The van der Waals surface area contributed by atoms with E-state index >= 15 is 0 Å². The molecule has 1 aliphatic rings. The second-order valence-electron chi connectivity index (χ2n) is 5.08. The van der Waals surface area contributed by atoms with E-state index in [1.807, 2.05) is 4.57 Å². The van der Waals surface area contributed by atoms with E-state index in [-0.39, 0.29) is 5.76 Å². The molecule has 1 fully saturated rings. The zero-order chi connectivity index (χ0) is 15.0. The van der Waals surface area contributed by atoms with E-state index < -0.39 is 11.9 Å². The van der Waals surface area contributed by atoms with Crippen molar-refractivity contribution >= 4 is 11.9 Å². The minimum Gasteiger partial charge on any atom is -0.478 e. The van der Waals surface area contributed by atoms with Crippen LogP contribution in [0.3, 0.4) is 0 Å². The van der Waals surface area contributed by atoms with Gasteiger partial charge < -0.3 is 18.8 Å². The van der Waals surface area contributed by atoms with Gasteiger partial charge in [0, 0.05) is 17.8 Å². The van der Waals surface area contributed by atoms with E-state index in [9.17, 15) is 14.7 Å². The molecule has 6 nitrogen and oxygen atoms in total. The molecule has 110 valence electrons. The standard InChI is InChI=1S/C15H15NO5/c1-20-15(19)12-5-4-10(21-12)8-16-7-6-11(14(17)18)13(16)9-2-3-9/h4-7,9H,2-3,8H2,1H3,(H,17,18). The molecule has 2 heterocycles. The molecule has 1 saturated carbocycles. The van der Waals surface area contributed by atoms with E-state index in [4.69, 9.17) is 4.42 Å². The summed E-state index contributed by atoms with van der Waals surface area (Å²) in [6, 6.07) is 4.86. The van der Waals surface area contributed by atoms with Crippen molar-refractivity contribution in [3.05, 3.63) is 47.2 Å². The predicted octanol–water partition coefficient (Wildman–Crippen LogP) is 2.49. The topological polar surface area (TPSA) is 81.7 Å². The summed E-state index contributed by atoms with van der Waals surface area (Å²) < 4.78 is 11.9. The van der Waals surface area contributed by atoms with E-state index in [0.29, 0.717) is 23.8 Å². The number of carboxylic acids is 1. The molecule has 0 atom stereocenters. The normalized spacial score (nSPS) is 14.1. The predicted molar refractivity (Wildman–Crippen MR) is 72.5 cm³/mol. The molecule has 0 saturated heterocycles. The Hall–Kier alpha value is -2.50. The Labute approximate surface area is 120 Å². The first-order valence-corrected chi connectivity index (χ1v) is 6.69. The van der Waals surface area contributed by atoms with Crippen LogP contribution >= 0.6 is 0 Å². The Bertz CT molecular complexity index is 693. The van der Waals surface area contributed by atoms with Gasteiger partial charge in [0.1, 0.15) is 5.76 Å². The molecule has 2 aromatic rings. The van der Waals surface area contributed by atoms with E-state index in [1.165, 1.54) is 7.11 Å². The fourth-order valence-corrected chi connectivity index (χ4v) is 2.46. The lowest BCUT2D eigenvalue weighted by molar-refractivity contribution is 0.0562. The molecule has 0 bridgehead atoms. The third-order valence-electron chi connectivity index (χ3n) is 3.58. The summed E-state index contributed by atoms with van der Waals surface area (Å²) in [7, 11) is 1.29. The zero-order valence-corrected chi connectivity index (χ0v) is 11.5. The number of hydrogen-bond acceptors (Lipinski definition) is 4. The van der Waals surface area contributed by atoms with Crippen LogP contribution in [0.2, 0.25) is 0 Å². The molecule has 0 aliphatic heterocycles. The smallest absolute Gasteiger partial charge is 0.373 e. The number of hydrogen-bond donors (Lipinski definition) is 1. The van der Waals surface area contributed by atoms with Gasteiger partial charge in [0.15, 0.2) is 0 Å². The van der Waals surface area contributed by atoms with Gasteiger partial charge >= 0.3 is 11.9 Å². The van der Waals surface area contributed by atoms with Gasteiger partial charge in [-0.2, -0.15) is 0 Å². The molecule has 0 amide bonds. The summed E-state index contributed by atoms with van der Waals surface area (Å²) in [6.45, 7) is 0.399. The summed E-state index contributed by atoms with van der Waals surface area (Å²) in [5, 5.41) is 9.23. The van der Waals surface area contributed by atoms with Crippen molar-refractivity contribution in [2.24, 2.45) is 0 Å². The SMILES string of the molecule is COC(=O)c1ccc(Cn2ccc(C(=O)O)c2C2CC2)o1. The van der Waals surface area contributed by atoms with E-state index in [1.54, 1.807) is 24.4 Å². The number of ether oxygens (including phenoxy) is 1. The number of aromatic nitrogens is 1. The number of methoxy groups -OCH3 is 1. The van der Waals surface area contributed by atoms with Crippen LogP contribution in [0.4, 0.5) is 0 Å². The van der Waals surface area contributed by atoms with Gasteiger partial charge in [-0.15, -0.1) is 0 Å². The number of rotatable bonds is 5. The molecule has 0 aromatic carbocycles. The summed E-state index contributed by atoms with van der Waals surface area (Å²) in [5.74, 6) is -0.398. The van der Waals surface area contributed by atoms with Gasteiger partial charge in [-0.25, -0.2) is 9.59 Å². The van der Waals surface area contributed by atoms with Crippen LogP contribution in [0.15, 0.2) is 28.8 Å². The Kier molecular flexibility index (Phi) is 3.29. The monoisotopic (exact) mass is 289 g/mol. The van der Waals surface area contributed by atoms with Gasteiger partial charge in [-0.1, -0.05) is 0 Å². The molecule has 3 rings (SSSR count). The van der Waals surface area contributed by atoms with Crippen molar-refractivity contribution in [3.8, 4) is 0 Å². The summed E-state index contributed by atoms with van der Waals surface area (Å²) in [6.07, 6.45) is 3.77. The third kappa shape index (κ3) is 2.56. The maximum absolute atomic E-state index is 11.4. The van der Waals surface area contributed by atoms with Crippen LogP contribution in [0, 0.1) is 0 Å². The van der Waals surface area contributed by atoms with Crippen LogP contribution in [0.1, 0.15) is 51.1 Å². The van der Waals surface area contributed by atoms with Crippen LogP contribution in [-0.4, -0.2) is 28.7 Å². The number of esters is 1. The summed E-state index contributed by atoms with van der Waals surface area (Å²) >= 11 is 0. The Balaban J connectivity index is 1.86. The van der Waals surface area contributed by atoms with Crippen LogP contribution in [-0.2, 0) is 11.3 Å². The highest BCUT2D eigenvalue weighted by Gasteiger charge is 2.31. The van der Waals surface area contributed by atoms with Gasteiger partial charge in [0.25, 0.3) is 0 Å². The molecule has 6 heteroatoms. The van der Waals surface area contributed by atoms with Crippen LogP contribution in [0.5, 0.6) is 0 Å². The molecule has 1 N–H and O–H groups in total. The summed E-state index contributed by atoms with van der Waals surface area (Å²) in [5.41, 5.74) is 1.18. The lowest BCUT2D eigenvalue weighted by Gasteiger charge is -2.08. The molecule has 2 aromatic heterocycles. The lowest BCUT2D eigenvalue weighted by atomic mass is 10.2. The first kappa shape index (κ1) is 13.5. The first-order valence-electron chi connectivity index (χ1n) is 6.69. The maximum Gasteiger partial charge on any atom is 0.373 e. The summed E-state index contributed by atoms with van der Waals surface area (Å²) in [4.78, 5) is 22.6. The van der Waals surface area contributed by atoms with E-state index in [0.717, 1.165) is 18.5 Å². The molecule has 21 heavy (non-hydrogen) atoms. The fraction of sp³-hybridized carbons (Fsp3) is 0.333. The van der Waals surface area contributed by atoms with Crippen LogP contribution in [0.25, 0.3) is 0 Å². The molecule has 0 spiro atoms. The minimum absolute atomic E-state index is 0.145. The van der Waals surface area contributed by atoms with Crippen molar-refractivity contribution in [3.63, 3.8) is 0 Å². The maximum atomic E-state index is 11.4.